The molecule has 0 bridgehead atoms. The Morgan fingerprint density at radius 1 is 0.750 bits per heavy atom. The number of aryl methyl sites for hydroxylation is 2. The number of hydrogen-bond acceptors (Lipinski definition) is 0. The summed E-state index contributed by atoms with van der Waals surface area (Å²) in [4.78, 5) is 0. The van der Waals surface area contributed by atoms with Crippen molar-refractivity contribution in [1.82, 2.24) is 0 Å². The molecule has 0 radical (unpaired) electrons. The molecule has 0 N–H and O–H groups in total. The van der Waals surface area contributed by atoms with Gasteiger partial charge in [-0.05, 0) is 0 Å². The molecule has 2 aromatic rings. The van der Waals surface area contributed by atoms with Crippen molar-refractivity contribution in [3.05, 3.63) is 70.8 Å². The first-order valence-electron chi connectivity index (χ1n) is 5.40. The third kappa shape index (κ3) is 2.30. The second-order valence-electron chi connectivity index (χ2n) is 4.00. The molecule has 0 aliphatic rings. The van der Waals surface area contributed by atoms with E-state index in [9.17, 15) is 0 Å². The van der Waals surface area contributed by atoms with Gasteiger partial charge in [0, 0.05) is 0 Å². The molecule has 0 aliphatic carbocycles. The summed E-state index contributed by atoms with van der Waals surface area (Å²) in [7, 11) is 0. The SMILES string of the molecule is Cc1ccccc1[C](=[Zr+2])c1ccccc1C. The summed E-state index contributed by atoms with van der Waals surface area (Å²) in [5.41, 5.74) is 5.49. The normalized spacial score (nSPS) is 10.2. The second-order valence-corrected chi connectivity index (χ2v) is 5.23. The molecular formula is C15H14Zr+2. The molecule has 16 heavy (non-hydrogen) atoms. The monoisotopic (exact) mass is 284 g/mol. The summed E-state index contributed by atoms with van der Waals surface area (Å²) in [5.74, 6) is 0. The van der Waals surface area contributed by atoms with Gasteiger partial charge in [-0.1, -0.05) is 0 Å². The van der Waals surface area contributed by atoms with Gasteiger partial charge in [0.1, 0.15) is 0 Å². The predicted octanol–water partition coefficient (Wildman–Crippen LogP) is 3.42. The summed E-state index contributed by atoms with van der Waals surface area (Å²) in [5, 5.41) is 0. The van der Waals surface area contributed by atoms with Gasteiger partial charge >= 0.3 is 112 Å². The molecule has 0 amide bonds. The van der Waals surface area contributed by atoms with Gasteiger partial charge in [-0.15, -0.1) is 0 Å². The Morgan fingerprint density at radius 3 is 1.50 bits per heavy atom. The van der Waals surface area contributed by atoms with Crippen LogP contribution in [0.3, 0.4) is 0 Å². The van der Waals surface area contributed by atoms with E-state index in [-0.39, 0.29) is 0 Å². The van der Waals surface area contributed by atoms with Gasteiger partial charge < -0.3 is 0 Å². The van der Waals surface area contributed by atoms with Crippen molar-refractivity contribution in [1.29, 1.82) is 0 Å². The summed E-state index contributed by atoms with van der Waals surface area (Å²) < 4.78 is 1.45. The number of rotatable bonds is 2. The maximum atomic E-state index is 2.21. The van der Waals surface area contributed by atoms with E-state index in [1.807, 2.05) is 0 Å². The van der Waals surface area contributed by atoms with Gasteiger partial charge in [-0.2, -0.15) is 0 Å². The van der Waals surface area contributed by atoms with Crippen LogP contribution in [0.1, 0.15) is 22.3 Å². The fourth-order valence-electron chi connectivity index (χ4n) is 1.85. The van der Waals surface area contributed by atoms with Crippen LogP contribution in [0.5, 0.6) is 0 Å². The van der Waals surface area contributed by atoms with Gasteiger partial charge in [0.25, 0.3) is 0 Å². The predicted molar refractivity (Wildman–Crippen MR) is 65.6 cm³/mol. The first-order chi connectivity index (χ1) is 7.70. The van der Waals surface area contributed by atoms with Gasteiger partial charge in [0.05, 0.1) is 0 Å². The topological polar surface area (TPSA) is 0 Å². The number of benzene rings is 2. The van der Waals surface area contributed by atoms with Crippen LogP contribution in [0.15, 0.2) is 48.5 Å². The van der Waals surface area contributed by atoms with Crippen LogP contribution in [0.4, 0.5) is 0 Å². The van der Waals surface area contributed by atoms with Crippen molar-refractivity contribution in [2.45, 2.75) is 13.8 Å². The molecule has 0 aromatic heterocycles. The summed E-state index contributed by atoms with van der Waals surface area (Å²) in [6, 6.07) is 17.2. The molecule has 0 unspecified atom stereocenters. The number of hydrogen-bond donors (Lipinski definition) is 0. The Bertz CT molecular complexity index is 479. The van der Waals surface area contributed by atoms with Gasteiger partial charge in [-0.3, -0.25) is 0 Å². The van der Waals surface area contributed by atoms with E-state index in [0.29, 0.717) is 0 Å². The Hall–Kier alpha value is -0.807. The van der Waals surface area contributed by atoms with Crippen molar-refractivity contribution in [3.8, 4) is 0 Å². The van der Waals surface area contributed by atoms with Crippen LogP contribution < -0.4 is 0 Å². The third-order valence-electron chi connectivity index (χ3n) is 2.83. The van der Waals surface area contributed by atoms with Crippen molar-refractivity contribution < 1.29 is 24.2 Å². The zero-order chi connectivity index (χ0) is 11.5. The van der Waals surface area contributed by atoms with E-state index in [2.05, 4.69) is 62.4 Å². The molecule has 2 aromatic carbocycles. The second kappa shape index (κ2) is 5.02. The first kappa shape index (κ1) is 11.7. The van der Waals surface area contributed by atoms with Crippen LogP contribution in [0, 0.1) is 13.8 Å². The van der Waals surface area contributed by atoms with E-state index >= 15 is 0 Å². The van der Waals surface area contributed by atoms with Crippen molar-refractivity contribution >= 4 is 3.21 Å². The molecule has 0 spiro atoms. The molecule has 2 rings (SSSR count). The van der Waals surface area contributed by atoms with Crippen molar-refractivity contribution in [2.75, 3.05) is 0 Å². The molecular weight excluding hydrogens is 271 g/mol. The standard InChI is InChI=1S/C15H14.Zr/c1-12-7-3-5-9-14(12)11-15-10-6-4-8-13(15)2;/h3-10H,1-2H3;/q;+2. The van der Waals surface area contributed by atoms with E-state index in [1.165, 1.54) is 49.7 Å². The molecule has 76 valence electrons. The third-order valence-corrected chi connectivity index (χ3v) is 4.15. The fourth-order valence-corrected chi connectivity index (χ4v) is 3.23. The fraction of sp³-hybridized carbons (Fsp3) is 0.133. The van der Waals surface area contributed by atoms with Gasteiger partial charge in [0.15, 0.2) is 0 Å². The van der Waals surface area contributed by atoms with E-state index in [4.69, 9.17) is 0 Å². The summed E-state index contributed by atoms with van der Waals surface area (Å²) in [6.07, 6.45) is 0. The molecule has 0 aliphatic heterocycles. The van der Waals surface area contributed by atoms with Crippen LogP contribution >= 0.6 is 0 Å². The van der Waals surface area contributed by atoms with Crippen molar-refractivity contribution in [3.63, 3.8) is 0 Å². The zero-order valence-electron chi connectivity index (χ0n) is 9.62. The molecule has 0 atom stereocenters. The first-order valence-corrected chi connectivity index (χ1v) is 6.63. The Balaban J connectivity index is 2.48. The van der Waals surface area contributed by atoms with Crippen LogP contribution in [-0.4, -0.2) is 3.21 Å². The Labute approximate surface area is 112 Å². The van der Waals surface area contributed by atoms with E-state index in [0.717, 1.165) is 0 Å². The van der Waals surface area contributed by atoms with Crippen LogP contribution in [-0.2, 0) is 24.2 Å². The minimum absolute atomic E-state index is 1.36. The Morgan fingerprint density at radius 2 is 1.12 bits per heavy atom. The van der Waals surface area contributed by atoms with E-state index < -0.39 is 0 Å². The molecule has 1 heteroatoms. The van der Waals surface area contributed by atoms with Gasteiger partial charge in [-0.25, -0.2) is 0 Å². The summed E-state index contributed by atoms with van der Waals surface area (Å²) in [6.45, 7) is 4.36. The van der Waals surface area contributed by atoms with Gasteiger partial charge in [0.2, 0.25) is 0 Å². The minimum atomic E-state index is 1.36. The summed E-state index contributed by atoms with van der Waals surface area (Å²) >= 11 is 1.47. The quantitative estimate of drug-likeness (QED) is 0.793. The Kier molecular flexibility index (Phi) is 3.66. The van der Waals surface area contributed by atoms with Crippen LogP contribution in [0.2, 0.25) is 0 Å². The van der Waals surface area contributed by atoms with Crippen LogP contribution in [0.25, 0.3) is 0 Å². The zero-order valence-corrected chi connectivity index (χ0v) is 12.1. The average Bonchev–Trinajstić information content (AvgIpc) is 2.29. The molecule has 0 heterocycles. The average molecular weight is 286 g/mol. The maximum absolute atomic E-state index is 2.21. The van der Waals surface area contributed by atoms with Crippen molar-refractivity contribution in [2.24, 2.45) is 0 Å². The molecule has 0 saturated heterocycles. The molecule has 0 fully saturated rings. The molecule has 0 saturated carbocycles. The molecule has 0 nitrogen and oxygen atoms in total. The van der Waals surface area contributed by atoms with E-state index in [1.54, 1.807) is 0 Å².